The number of carbonyl (C=O) groups excluding carboxylic acids is 1. The van der Waals surface area contributed by atoms with Crippen molar-refractivity contribution in [1.82, 2.24) is 9.80 Å². The van der Waals surface area contributed by atoms with Crippen molar-refractivity contribution in [2.75, 3.05) is 77.2 Å². The molecule has 10 heteroatoms. The first-order chi connectivity index (χ1) is 18.9. The van der Waals surface area contributed by atoms with Crippen LogP contribution in [0.15, 0.2) is 17.3 Å². The first-order valence-corrected chi connectivity index (χ1v) is 14.5. The standard InChI is InChI=1S/C29H44N4O6/c1-5-36-23-16-22(17-24(37-6-2)26(23)33-12-14-35-15-13-33)19-31-20-29(21-31)18-25(30-39-29)32-10-8-28(4,9-11-32)27(34)38-7-3/h16-17H,5-15,18-21H2,1-4H3. The number of ether oxygens (including phenoxy) is 4. The summed E-state index contributed by atoms with van der Waals surface area (Å²) in [6.07, 6.45) is 2.35. The van der Waals surface area contributed by atoms with E-state index in [1.165, 1.54) is 5.56 Å². The molecule has 4 aliphatic heterocycles. The molecule has 0 bridgehead atoms. The van der Waals surface area contributed by atoms with E-state index < -0.39 is 5.41 Å². The Kier molecular flexibility index (Phi) is 8.42. The fourth-order valence-corrected chi connectivity index (χ4v) is 6.11. The minimum absolute atomic E-state index is 0.0849. The lowest BCUT2D eigenvalue weighted by atomic mass is 9.80. The molecular weight excluding hydrogens is 500 g/mol. The maximum Gasteiger partial charge on any atom is 0.311 e. The van der Waals surface area contributed by atoms with Gasteiger partial charge in [0.25, 0.3) is 0 Å². The minimum atomic E-state index is -0.407. The van der Waals surface area contributed by atoms with E-state index in [2.05, 4.69) is 32.0 Å². The molecule has 39 heavy (non-hydrogen) atoms. The van der Waals surface area contributed by atoms with E-state index in [9.17, 15) is 4.79 Å². The largest absolute Gasteiger partial charge is 0.492 e. The number of hydrogen-bond acceptors (Lipinski definition) is 10. The highest BCUT2D eigenvalue weighted by atomic mass is 16.7. The molecule has 1 spiro atoms. The van der Waals surface area contributed by atoms with E-state index in [-0.39, 0.29) is 11.6 Å². The molecule has 0 aromatic heterocycles. The minimum Gasteiger partial charge on any atom is -0.492 e. The third-order valence-electron chi connectivity index (χ3n) is 8.28. The van der Waals surface area contributed by atoms with E-state index in [4.69, 9.17) is 23.8 Å². The lowest BCUT2D eigenvalue weighted by Gasteiger charge is -2.46. The van der Waals surface area contributed by atoms with E-state index in [0.717, 1.165) is 88.1 Å². The molecule has 5 rings (SSSR count). The number of esters is 1. The molecule has 0 N–H and O–H groups in total. The second-order valence-electron chi connectivity index (χ2n) is 11.3. The predicted molar refractivity (Wildman–Crippen MR) is 149 cm³/mol. The second kappa shape index (κ2) is 11.8. The molecule has 3 saturated heterocycles. The van der Waals surface area contributed by atoms with Crippen LogP contribution in [0, 0.1) is 5.41 Å². The van der Waals surface area contributed by atoms with Crippen molar-refractivity contribution < 1.29 is 28.6 Å². The molecule has 0 aliphatic carbocycles. The Bertz CT molecular complexity index is 1020. The topological polar surface area (TPSA) is 85.3 Å². The van der Waals surface area contributed by atoms with Gasteiger partial charge in [-0.05, 0) is 58.2 Å². The summed E-state index contributed by atoms with van der Waals surface area (Å²) in [6, 6.07) is 4.32. The first kappa shape index (κ1) is 27.8. The number of rotatable bonds is 9. The van der Waals surface area contributed by atoms with Crippen LogP contribution in [0.3, 0.4) is 0 Å². The van der Waals surface area contributed by atoms with E-state index >= 15 is 0 Å². The number of nitrogens with zero attached hydrogens (tertiary/aromatic N) is 4. The number of anilines is 1. The Morgan fingerprint density at radius 3 is 2.18 bits per heavy atom. The van der Waals surface area contributed by atoms with E-state index in [1.807, 2.05) is 27.7 Å². The van der Waals surface area contributed by atoms with Crippen LogP contribution in [0.1, 0.15) is 52.5 Å². The first-order valence-electron chi connectivity index (χ1n) is 14.5. The van der Waals surface area contributed by atoms with Crippen LogP contribution in [0.2, 0.25) is 0 Å². The molecule has 0 saturated carbocycles. The van der Waals surface area contributed by atoms with Gasteiger partial charge in [0.15, 0.2) is 5.60 Å². The maximum absolute atomic E-state index is 12.4. The molecule has 0 radical (unpaired) electrons. The third kappa shape index (κ3) is 5.91. The summed E-state index contributed by atoms with van der Waals surface area (Å²) in [7, 11) is 0. The summed E-state index contributed by atoms with van der Waals surface area (Å²) < 4.78 is 23.1. The average Bonchev–Trinajstić information content (AvgIpc) is 3.35. The van der Waals surface area contributed by atoms with Crippen LogP contribution in [-0.4, -0.2) is 99.5 Å². The van der Waals surface area contributed by atoms with Gasteiger partial charge < -0.3 is 33.6 Å². The molecule has 216 valence electrons. The summed E-state index contributed by atoms with van der Waals surface area (Å²) in [5, 5.41) is 4.49. The Hall–Kier alpha value is -2.72. The molecule has 0 unspecified atom stereocenters. The Morgan fingerprint density at radius 2 is 1.59 bits per heavy atom. The van der Waals surface area contributed by atoms with E-state index in [0.29, 0.717) is 33.0 Å². The Balaban J connectivity index is 1.18. The molecule has 4 heterocycles. The number of hydrogen-bond donors (Lipinski definition) is 0. The monoisotopic (exact) mass is 544 g/mol. The van der Waals surface area contributed by atoms with Crippen LogP contribution in [0.25, 0.3) is 0 Å². The lowest BCUT2D eigenvalue weighted by Crippen LogP contribution is -2.61. The van der Waals surface area contributed by atoms with Crippen LogP contribution in [0.5, 0.6) is 11.5 Å². The zero-order valence-corrected chi connectivity index (χ0v) is 24.0. The van der Waals surface area contributed by atoms with E-state index in [1.54, 1.807) is 0 Å². The van der Waals surface area contributed by atoms with Crippen LogP contribution in [-0.2, 0) is 25.7 Å². The SMILES string of the molecule is CCOC(=O)C1(C)CCN(C2=NOC3(C2)CN(Cc2cc(OCC)c(N4CCOCC4)c(OCC)c2)C3)CC1. The third-order valence-corrected chi connectivity index (χ3v) is 8.28. The second-order valence-corrected chi connectivity index (χ2v) is 11.3. The summed E-state index contributed by atoms with van der Waals surface area (Å²) >= 11 is 0. The quantitative estimate of drug-likeness (QED) is 0.435. The van der Waals surface area contributed by atoms with Gasteiger partial charge in [0.2, 0.25) is 0 Å². The van der Waals surface area contributed by atoms with Crippen molar-refractivity contribution in [3.63, 3.8) is 0 Å². The summed E-state index contributed by atoms with van der Waals surface area (Å²) in [5.41, 5.74) is 1.54. The molecule has 0 amide bonds. The number of piperidine rings is 1. The molecule has 1 aromatic rings. The fourth-order valence-electron chi connectivity index (χ4n) is 6.11. The van der Waals surface area contributed by atoms with Crippen LogP contribution < -0.4 is 14.4 Å². The molecule has 1 aromatic carbocycles. The Morgan fingerprint density at radius 1 is 0.949 bits per heavy atom. The molecule has 4 aliphatic rings. The number of carbonyl (C=O) groups is 1. The fraction of sp³-hybridized carbons (Fsp3) is 0.724. The van der Waals surface area contributed by atoms with Gasteiger partial charge in [0.1, 0.15) is 23.0 Å². The highest BCUT2D eigenvalue weighted by Gasteiger charge is 2.51. The summed E-state index contributed by atoms with van der Waals surface area (Å²) in [5.74, 6) is 2.67. The van der Waals surface area contributed by atoms with Crippen molar-refractivity contribution in [2.45, 2.75) is 59.1 Å². The van der Waals surface area contributed by atoms with Crippen molar-refractivity contribution in [1.29, 1.82) is 0 Å². The number of likely N-dealkylation sites (tertiary alicyclic amines) is 2. The van der Waals surface area contributed by atoms with Gasteiger partial charge in [0.05, 0.1) is 44.9 Å². The molecule has 3 fully saturated rings. The molecular formula is C29H44N4O6. The van der Waals surface area contributed by atoms with Crippen molar-refractivity contribution >= 4 is 17.5 Å². The van der Waals surface area contributed by atoms with Crippen molar-refractivity contribution in [3.8, 4) is 11.5 Å². The van der Waals surface area contributed by atoms with Gasteiger partial charge in [-0.15, -0.1) is 0 Å². The number of morpholine rings is 1. The van der Waals surface area contributed by atoms with Crippen LogP contribution in [0.4, 0.5) is 5.69 Å². The number of benzene rings is 1. The predicted octanol–water partition coefficient (Wildman–Crippen LogP) is 3.27. The normalized spacial score (nSPS) is 22.2. The van der Waals surface area contributed by atoms with Gasteiger partial charge in [-0.2, -0.15) is 0 Å². The van der Waals surface area contributed by atoms with Gasteiger partial charge in [-0.1, -0.05) is 5.16 Å². The van der Waals surface area contributed by atoms with Gasteiger partial charge >= 0.3 is 5.97 Å². The van der Waals surface area contributed by atoms with Crippen LogP contribution >= 0.6 is 0 Å². The Labute approximate surface area is 232 Å². The summed E-state index contributed by atoms with van der Waals surface area (Å²) in [4.78, 5) is 25.4. The highest BCUT2D eigenvalue weighted by molar-refractivity contribution is 5.85. The smallest absolute Gasteiger partial charge is 0.311 e. The number of amidine groups is 1. The van der Waals surface area contributed by atoms with Gasteiger partial charge in [-0.3, -0.25) is 9.69 Å². The van der Waals surface area contributed by atoms with Gasteiger partial charge in [-0.25, -0.2) is 0 Å². The zero-order valence-electron chi connectivity index (χ0n) is 24.0. The van der Waals surface area contributed by atoms with Crippen molar-refractivity contribution in [2.24, 2.45) is 10.6 Å². The highest BCUT2D eigenvalue weighted by Crippen LogP contribution is 2.42. The zero-order chi connectivity index (χ0) is 27.5. The molecule has 10 nitrogen and oxygen atoms in total. The summed E-state index contributed by atoms with van der Waals surface area (Å²) in [6.45, 7) is 16.7. The lowest BCUT2D eigenvalue weighted by molar-refractivity contribution is -0.156. The average molecular weight is 545 g/mol. The maximum atomic E-state index is 12.4. The van der Waals surface area contributed by atoms with Crippen molar-refractivity contribution in [3.05, 3.63) is 17.7 Å². The van der Waals surface area contributed by atoms with Gasteiger partial charge in [0, 0.05) is 45.8 Å². The number of oxime groups is 1. The molecule has 0 atom stereocenters.